The molecule has 2 N–H and O–H groups in total. The lowest BCUT2D eigenvalue weighted by atomic mass is 10.1. The average molecular weight is 442 g/mol. The largest absolute Gasteiger partial charge is 0.383 e. The van der Waals surface area contributed by atoms with Crippen molar-refractivity contribution in [3.8, 4) is 5.82 Å². The molecule has 0 bridgehead atoms. The van der Waals surface area contributed by atoms with Gasteiger partial charge in [0.05, 0.1) is 5.02 Å². The fourth-order valence-corrected chi connectivity index (χ4v) is 3.96. The summed E-state index contributed by atoms with van der Waals surface area (Å²) in [6.07, 6.45) is 3.40. The third-order valence-corrected chi connectivity index (χ3v) is 5.31. The van der Waals surface area contributed by atoms with Gasteiger partial charge in [-0.05, 0) is 76.8 Å². The number of rotatable bonds is 8. The zero-order valence-electron chi connectivity index (χ0n) is 19.2. The number of benzene rings is 1. The molecule has 1 unspecified atom stereocenters. The highest BCUT2D eigenvalue weighted by Crippen LogP contribution is 2.18. The molecule has 0 spiro atoms. The molecule has 2 aromatic heterocycles. The molecule has 3 aromatic rings. The lowest BCUT2D eigenvalue weighted by Gasteiger charge is -2.16. The van der Waals surface area contributed by atoms with E-state index >= 15 is 0 Å². The zero-order valence-corrected chi connectivity index (χ0v) is 19.9. The molecule has 0 aliphatic rings. The minimum Gasteiger partial charge on any atom is -0.383 e. The summed E-state index contributed by atoms with van der Waals surface area (Å²) in [5.74, 6) is 0.576. The standard InChI is InChI=1S/C24H32ClN5O/c1-15(2)26-22-12-19(25)14-30(24(22)31)23-13-21(29(6)28-23)8-7-18(5)27-20-10-16(3)9-17(4)11-20/h9-15,18,26-27H,7-8H2,1-6H3. The Hall–Kier alpha value is -2.73. The van der Waals surface area contributed by atoms with Crippen LogP contribution in [-0.2, 0) is 13.5 Å². The fourth-order valence-electron chi connectivity index (χ4n) is 3.75. The number of nitrogens with one attached hydrogen (secondary N) is 2. The molecule has 0 amide bonds. The normalized spacial score (nSPS) is 12.3. The highest BCUT2D eigenvalue weighted by Gasteiger charge is 2.14. The summed E-state index contributed by atoms with van der Waals surface area (Å²) in [6, 6.07) is 10.6. The van der Waals surface area contributed by atoms with Gasteiger partial charge in [-0.25, -0.2) is 0 Å². The van der Waals surface area contributed by atoms with Gasteiger partial charge < -0.3 is 10.6 Å². The first-order chi connectivity index (χ1) is 14.6. The van der Waals surface area contributed by atoms with Crippen molar-refractivity contribution < 1.29 is 0 Å². The highest BCUT2D eigenvalue weighted by molar-refractivity contribution is 6.30. The first-order valence-electron chi connectivity index (χ1n) is 10.7. The summed E-state index contributed by atoms with van der Waals surface area (Å²) < 4.78 is 3.34. The molecule has 0 saturated carbocycles. The first-order valence-corrected chi connectivity index (χ1v) is 11.1. The molecule has 0 aliphatic heterocycles. The second-order valence-corrected chi connectivity index (χ2v) is 9.06. The van der Waals surface area contributed by atoms with Crippen molar-refractivity contribution in [3.63, 3.8) is 0 Å². The van der Waals surface area contributed by atoms with Crippen LogP contribution in [0.15, 0.2) is 41.3 Å². The van der Waals surface area contributed by atoms with Gasteiger partial charge in [0.15, 0.2) is 5.82 Å². The van der Waals surface area contributed by atoms with Gasteiger partial charge in [-0.1, -0.05) is 17.7 Å². The van der Waals surface area contributed by atoms with Crippen LogP contribution in [0.2, 0.25) is 5.02 Å². The summed E-state index contributed by atoms with van der Waals surface area (Å²) in [5.41, 5.74) is 5.03. The van der Waals surface area contributed by atoms with Crippen molar-refractivity contribution >= 4 is 23.0 Å². The SMILES string of the molecule is Cc1cc(C)cc(NC(C)CCc2cc(-n3cc(Cl)cc(NC(C)C)c3=O)nn2C)c1. The fraction of sp³-hybridized carbons (Fsp3) is 0.417. The molecule has 166 valence electrons. The number of anilines is 2. The van der Waals surface area contributed by atoms with E-state index in [1.807, 2.05) is 31.6 Å². The Labute approximate surface area is 189 Å². The van der Waals surface area contributed by atoms with Crippen LogP contribution in [0.25, 0.3) is 5.82 Å². The zero-order chi connectivity index (χ0) is 22.7. The van der Waals surface area contributed by atoms with Crippen LogP contribution in [-0.4, -0.2) is 26.4 Å². The predicted molar refractivity (Wildman–Crippen MR) is 130 cm³/mol. The minimum atomic E-state index is -0.160. The number of halogens is 1. The predicted octanol–water partition coefficient (Wildman–Crippen LogP) is 5.09. The molecule has 0 radical (unpaired) electrons. The quantitative estimate of drug-likeness (QED) is 0.510. The van der Waals surface area contributed by atoms with Crippen LogP contribution >= 0.6 is 11.6 Å². The van der Waals surface area contributed by atoms with Crippen molar-refractivity contribution in [2.45, 2.75) is 59.5 Å². The highest BCUT2D eigenvalue weighted by atomic mass is 35.5. The number of aromatic nitrogens is 3. The van der Waals surface area contributed by atoms with E-state index in [0.29, 0.717) is 22.6 Å². The van der Waals surface area contributed by atoms with Crippen LogP contribution in [0.5, 0.6) is 0 Å². The number of nitrogens with zero attached hydrogens (tertiary/aromatic N) is 3. The molecule has 3 rings (SSSR count). The Balaban J connectivity index is 1.74. The van der Waals surface area contributed by atoms with E-state index in [9.17, 15) is 4.79 Å². The molecule has 1 aromatic carbocycles. The smallest absolute Gasteiger partial charge is 0.279 e. The Morgan fingerprint density at radius 2 is 1.71 bits per heavy atom. The van der Waals surface area contributed by atoms with Crippen LogP contribution in [0.4, 0.5) is 11.4 Å². The van der Waals surface area contributed by atoms with Gasteiger partial charge in [0.2, 0.25) is 0 Å². The van der Waals surface area contributed by atoms with Crippen molar-refractivity contribution in [1.82, 2.24) is 14.3 Å². The molecule has 1 atom stereocenters. The van der Waals surface area contributed by atoms with Crippen LogP contribution < -0.4 is 16.2 Å². The Morgan fingerprint density at radius 1 is 1.03 bits per heavy atom. The molecular formula is C24H32ClN5O. The van der Waals surface area contributed by atoms with Crippen molar-refractivity contribution in [3.05, 3.63) is 68.7 Å². The van der Waals surface area contributed by atoms with E-state index in [4.69, 9.17) is 11.6 Å². The van der Waals surface area contributed by atoms with Gasteiger partial charge >= 0.3 is 0 Å². The van der Waals surface area contributed by atoms with E-state index in [1.165, 1.54) is 15.7 Å². The van der Waals surface area contributed by atoms with Gasteiger partial charge in [0, 0.05) is 42.8 Å². The Bertz CT molecular complexity index is 1100. The van der Waals surface area contributed by atoms with E-state index in [2.05, 4.69) is 54.7 Å². The summed E-state index contributed by atoms with van der Waals surface area (Å²) >= 11 is 6.26. The van der Waals surface area contributed by atoms with Crippen LogP contribution in [0.3, 0.4) is 0 Å². The maximum atomic E-state index is 12.9. The van der Waals surface area contributed by atoms with Gasteiger partial charge in [-0.2, -0.15) is 5.10 Å². The Kier molecular flexibility index (Phi) is 7.11. The molecule has 7 heteroatoms. The van der Waals surface area contributed by atoms with E-state index in [1.54, 1.807) is 12.3 Å². The molecule has 31 heavy (non-hydrogen) atoms. The number of hydrogen-bond donors (Lipinski definition) is 2. The first kappa shape index (κ1) is 22.9. The third kappa shape index (κ3) is 5.91. The molecule has 0 saturated heterocycles. The maximum absolute atomic E-state index is 12.9. The number of aryl methyl sites for hydroxylation is 4. The molecule has 0 fully saturated rings. The van der Waals surface area contributed by atoms with Gasteiger partial charge in [-0.3, -0.25) is 14.0 Å². The summed E-state index contributed by atoms with van der Waals surface area (Å²) in [4.78, 5) is 12.9. The summed E-state index contributed by atoms with van der Waals surface area (Å²) in [6.45, 7) is 10.4. The summed E-state index contributed by atoms with van der Waals surface area (Å²) in [7, 11) is 1.91. The topological polar surface area (TPSA) is 63.9 Å². The van der Waals surface area contributed by atoms with E-state index < -0.39 is 0 Å². The minimum absolute atomic E-state index is 0.130. The van der Waals surface area contributed by atoms with Gasteiger partial charge in [0.1, 0.15) is 5.69 Å². The lowest BCUT2D eigenvalue weighted by molar-refractivity contribution is 0.643. The molecular weight excluding hydrogens is 410 g/mol. The van der Waals surface area contributed by atoms with Crippen molar-refractivity contribution in [1.29, 1.82) is 0 Å². The van der Waals surface area contributed by atoms with Crippen LogP contribution in [0.1, 0.15) is 44.0 Å². The second kappa shape index (κ2) is 9.60. The van der Waals surface area contributed by atoms with E-state index in [-0.39, 0.29) is 11.6 Å². The van der Waals surface area contributed by atoms with Gasteiger partial charge in [0.25, 0.3) is 5.56 Å². The Morgan fingerprint density at radius 3 is 2.35 bits per heavy atom. The monoisotopic (exact) mass is 441 g/mol. The molecule has 2 heterocycles. The van der Waals surface area contributed by atoms with Crippen LogP contribution in [0, 0.1) is 13.8 Å². The summed E-state index contributed by atoms with van der Waals surface area (Å²) in [5, 5.41) is 11.8. The molecule has 6 nitrogen and oxygen atoms in total. The number of pyridine rings is 1. The van der Waals surface area contributed by atoms with Crippen molar-refractivity contribution in [2.75, 3.05) is 10.6 Å². The molecule has 0 aliphatic carbocycles. The third-order valence-electron chi connectivity index (χ3n) is 5.11. The average Bonchev–Trinajstić information content (AvgIpc) is 3.02. The lowest BCUT2D eigenvalue weighted by Crippen LogP contribution is -2.24. The van der Waals surface area contributed by atoms with Crippen molar-refractivity contribution in [2.24, 2.45) is 7.05 Å². The maximum Gasteiger partial charge on any atom is 0.279 e. The van der Waals surface area contributed by atoms with E-state index in [0.717, 1.165) is 24.2 Å². The second-order valence-electron chi connectivity index (χ2n) is 8.62. The number of hydrogen-bond acceptors (Lipinski definition) is 4. The van der Waals surface area contributed by atoms with Gasteiger partial charge in [-0.15, -0.1) is 0 Å².